The molecule has 0 atom stereocenters. The van der Waals surface area contributed by atoms with Gasteiger partial charge >= 0.3 is 0 Å². The minimum Gasteiger partial charge on any atom is -0.299 e. The van der Waals surface area contributed by atoms with E-state index in [1.165, 1.54) is 48.8 Å². The Hall–Kier alpha value is -1.64. The van der Waals surface area contributed by atoms with Crippen LogP contribution in [0.4, 0.5) is 4.39 Å². The monoisotopic (exact) mass is 439 g/mol. The highest BCUT2D eigenvalue weighted by Crippen LogP contribution is 2.43. The topological polar surface area (TPSA) is 3.24 Å². The lowest BCUT2D eigenvalue weighted by atomic mass is 9.87. The lowest BCUT2D eigenvalue weighted by Crippen LogP contribution is -2.33. The molecule has 1 heterocycles. The lowest BCUT2D eigenvalue weighted by molar-refractivity contribution is 0.172. The van der Waals surface area contributed by atoms with Gasteiger partial charge in [-0.15, -0.1) is 0 Å². The van der Waals surface area contributed by atoms with Gasteiger partial charge in [-0.3, -0.25) is 4.90 Å². The number of nitrogens with zero attached hydrogens (tertiary/aromatic N) is 1. The largest absolute Gasteiger partial charge is 0.299 e. The number of aryl methyl sites for hydroxylation is 1. The molecule has 4 rings (SSSR count). The van der Waals surface area contributed by atoms with Crippen molar-refractivity contribution in [1.29, 1.82) is 0 Å². The molecule has 0 spiro atoms. The highest BCUT2D eigenvalue weighted by Gasteiger charge is 2.28. The zero-order valence-corrected chi connectivity index (χ0v) is 19.7. The highest BCUT2D eigenvalue weighted by molar-refractivity contribution is 6.30. The van der Waals surface area contributed by atoms with Crippen LogP contribution in [0.1, 0.15) is 80.5 Å². The molecule has 0 N–H and O–H groups in total. The van der Waals surface area contributed by atoms with Crippen LogP contribution in [0.15, 0.2) is 42.5 Å². The van der Waals surface area contributed by atoms with E-state index in [1.807, 2.05) is 25.1 Å². The summed E-state index contributed by atoms with van der Waals surface area (Å²) in [6.07, 6.45) is 10.3. The van der Waals surface area contributed by atoms with Crippen molar-refractivity contribution in [2.45, 2.75) is 71.3 Å². The first-order valence-corrected chi connectivity index (χ1v) is 12.4. The van der Waals surface area contributed by atoms with Crippen LogP contribution in [-0.4, -0.2) is 18.0 Å². The van der Waals surface area contributed by atoms with E-state index in [1.54, 1.807) is 0 Å². The van der Waals surface area contributed by atoms with Gasteiger partial charge in [0.05, 0.1) is 0 Å². The molecule has 0 bridgehead atoms. The molecule has 0 amide bonds. The fourth-order valence-corrected chi connectivity index (χ4v) is 5.24. The number of rotatable bonds is 8. The van der Waals surface area contributed by atoms with Crippen molar-refractivity contribution in [2.24, 2.45) is 5.92 Å². The van der Waals surface area contributed by atoms with Crippen LogP contribution in [0.3, 0.4) is 0 Å². The minimum absolute atomic E-state index is 0.0436. The number of benzene rings is 2. The third-order valence-electron chi connectivity index (χ3n) is 7.01. The Morgan fingerprint density at radius 1 is 1.13 bits per heavy atom. The Morgan fingerprint density at radius 2 is 1.90 bits per heavy atom. The Kier molecular flexibility index (Phi) is 7.51. The molecular formula is C28H35ClFN. The van der Waals surface area contributed by atoms with Crippen LogP contribution in [0.2, 0.25) is 5.02 Å². The number of likely N-dealkylation sites (tertiary alicyclic amines) is 1. The van der Waals surface area contributed by atoms with Gasteiger partial charge in [-0.25, -0.2) is 4.39 Å². The molecule has 1 aliphatic heterocycles. The maximum atomic E-state index is 14.9. The molecule has 0 radical (unpaired) electrons. The number of hydrogen-bond acceptors (Lipinski definition) is 1. The second kappa shape index (κ2) is 10.3. The van der Waals surface area contributed by atoms with Crippen LogP contribution in [0, 0.1) is 11.7 Å². The Labute approximate surface area is 192 Å². The van der Waals surface area contributed by atoms with Gasteiger partial charge in [0.15, 0.2) is 0 Å². The third kappa shape index (κ3) is 5.99. The standard InChI is InChI=1S/C28H35ClFN/c1-3-5-20(2)26-18-27(23-10-11-23)24(17-28(26)30)9-8-21-12-14-31(15-13-21)19-22-6-4-7-25(29)16-22/h4-7,16-18,21,23H,3,8-15,19H2,1-2H3/b20-5-. The predicted octanol–water partition coefficient (Wildman–Crippen LogP) is 8.01. The molecule has 1 saturated heterocycles. The molecule has 1 aliphatic carbocycles. The van der Waals surface area contributed by atoms with Crippen molar-refractivity contribution < 1.29 is 4.39 Å². The summed E-state index contributed by atoms with van der Waals surface area (Å²) in [5.41, 5.74) is 5.85. The first kappa shape index (κ1) is 22.6. The van der Waals surface area contributed by atoms with Crippen molar-refractivity contribution in [3.63, 3.8) is 0 Å². The van der Waals surface area contributed by atoms with E-state index in [4.69, 9.17) is 11.6 Å². The summed E-state index contributed by atoms with van der Waals surface area (Å²) in [7, 11) is 0. The van der Waals surface area contributed by atoms with E-state index in [0.717, 1.165) is 54.6 Å². The molecule has 2 fully saturated rings. The van der Waals surface area contributed by atoms with Gasteiger partial charge in [-0.1, -0.05) is 36.7 Å². The summed E-state index contributed by atoms with van der Waals surface area (Å²) in [5, 5.41) is 0.817. The van der Waals surface area contributed by atoms with Crippen LogP contribution < -0.4 is 0 Å². The molecule has 3 heteroatoms. The fraction of sp³-hybridized carbons (Fsp3) is 0.500. The highest BCUT2D eigenvalue weighted by atomic mass is 35.5. The van der Waals surface area contributed by atoms with E-state index in [-0.39, 0.29) is 5.82 Å². The van der Waals surface area contributed by atoms with Gasteiger partial charge in [0.25, 0.3) is 0 Å². The fourth-order valence-electron chi connectivity index (χ4n) is 5.03. The number of piperidine rings is 1. The number of hydrogen-bond donors (Lipinski definition) is 0. The van der Waals surface area contributed by atoms with Crippen molar-refractivity contribution in [2.75, 3.05) is 13.1 Å². The van der Waals surface area contributed by atoms with Crippen LogP contribution in [0.25, 0.3) is 5.57 Å². The van der Waals surface area contributed by atoms with Crippen molar-refractivity contribution in [1.82, 2.24) is 4.90 Å². The molecule has 1 saturated carbocycles. The summed E-state index contributed by atoms with van der Waals surface area (Å²) in [6.45, 7) is 7.41. The van der Waals surface area contributed by atoms with E-state index in [0.29, 0.717) is 5.92 Å². The average molecular weight is 440 g/mol. The Bertz CT molecular complexity index is 923. The molecule has 2 aromatic carbocycles. The van der Waals surface area contributed by atoms with E-state index < -0.39 is 0 Å². The Balaban J connectivity index is 1.34. The molecule has 1 nitrogen and oxygen atoms in total. The summed E-state index contributed by atoms with van der Waals surface area (Å²) in [5.74, 6) is 1.35. The van der Waals surface area contributed by atoms with Crippen molar-refractivity contribution in [3.05, 3.63) is 75.6 Å². The van der Waals surface area contributed by atoms with Crippen LogP contribution in [-0.2, 0) is 13.0 Å². The van der Waals surface area contributed by atoms with Gasteiger partial charge in [0.1, 0.15) is 5.82 Å². The molecule has 2 aliphatic rings. The first-order chi connectivity index (χ1) is 15.0. The van der Waals surface area contributed by atoms with Crippen molar-refractivity contribution >= 4 is 17.2 Å². The summed E-state index contributed by atoms with van der Waals surface area (Å²) in [4.78, 5) is 2.54. The van der Waals surface area contributed by atoms with E-state index >= 15 is 0 Å². The van der Waals surface area contributed by atoms with Crippen molar-refractivity contribution in [3.8, 4) is 0 Å². The zero-order chi connectivity index (χ0) is 21.8. The molecular weight excluding hydrogens is 405 g/mol. The SMILES string of the molecule is CC/C=C(/C)c1cc(C2CC2)c(CCC2CCN(Cc3cccc(Cl)c3)CC2)cc1F. The quantitative estimate of drug-likeness (QED) is 0.402. The second-order valence-corrected chi connectivity index (χ2v) is 9.93. The zero-order valence-electron chi connectivity index (χ0n) is 19.0. The van der Waals surface area contributed by atoms with Gasteiger partial charge in [-0.05, 0) is 123 Å². The normalized spacial score (nSPS) is 18.5. The summed E-state index contributed by atoms with van der Waals surface area (Å²) >= 11 is 6.13. The minimum atomic E-state index is -0.0436. The molecule has 0 aromatic heterocycles. The Morgan fingerprint density at radius 3 is 2.58 bits per heavy atom. The molecule has 166 valence electrons. The summed E-state index contributed by atoms with van der Waals surface area (Å²) in [6, 6.07) is 12.2. The predicted molar refractivity (Wildman–Crippen MR) is 130 cm³/mol. The number of halogens is 2. The molecule has 31 heavy (non-hydrogen) atoms. The average Bonchev–Trinajstić information content (AvgIpc) is 3.59. The first-order valence-electron chi connectivity index (χ1n) is 12.0. The van der Waals surface area contributed by atoms with Gasteiger partial charge in [0.2, 0.25) is 0 Å². The third-order valence-corrected chi connectivity index (χ3v) is 7.24. The summed E-state index contributed by atoms with van der Waals surface area (Å²) < 4.78 is 14.9. The molecule has 2 aromatic rings. The van der Waals surface area contributed by atoms with Crippen LogP contribution >= 0.6 is 11.6 Å². The maximum Gasteiger partial charge on any atom is 0.130 e. The van der Waals surface area contributed by atoms with Gasteiger partial charge in [-0.2, -0.15) is 0 Å². The number of allylic oxidation sites excluding steroid dienone is 2. The second-order valence-electron chi connectivity index (χ2n) is 9.49. The smallest absolute Gasteiger partial charge is 0.130 e. The van der Waals surface area contributed by atoms with Crippen LogP contribution in [0.5, 0.6) is 0 Å². The molecule has 0 unspecified atom stereocenters. The maximum absolute atomic E-state index is 14.9. The van der Waals surface area contributed by atoms with Gasteiger partial charge < -0.3 is 0 Å². The van der Waals surface area contributed by atoms with E-state index in [9.17, 15) is 4.39 Å². The van der Waals surface area contributed by atoms with E-state index in [2.05, 4.69) is 36.1 Å². The lowest BCUT2D eigenvalue weighted by Gasteiger charge is -2.32. The van der Waals surface area contributed by atoms with Gasteiger partial charge in [0, 0.05) is 17.1 Å².